The highest BCUT2D eigenvalue weighted by atomic mass is 16.4. The fourth-order valence-electron chi connectivity index (χ4n) is 1.49. The summed E-state index contributed by atoms with van der Waals surface area (Å²) in [6.07, 6.45) is 2.57. The van der Waals surface area contributed by atoms with Gasteiger partial charge in [0.25, 0.3) is 0 Å². The van der Waals surface area contributed by atoms with Gasteiger partial charge in [-0.25, -0.2) is 4.79 Å². The number of hydrogen-bond acceptors (Lipinski definition) is 2. The molecule has 0 aliphatic heterocycles. The zero-order chi connectivity index (χ0) is 8.97. The van der Waals surface area contributed by atoms with Crippen LogP contribution in [-0.2, 0) is 4.79 Å². The van der Waals surface area contributed by atoms with Gasteiger partial charge in [0.15, 0.2) is 0 Å². The Bertz CT molecular complexity index is 191. The largest absolute Gasteiger partial charge is 0.465 e. The Morgan fingerprint density at radius 3 is 2.92 bits per heavy atom. The van der Waals surface area contributed by atoms with E-state index in [0.29, 0.717) is 12.8 Å². The molecule has 4 nitrogen and oxygen atoms in total. The first-order chi connectivity index (χ1) is 5.68. The number of carbonyl (C=O) groups is 2. The minimum atomic E-state index is -1.03. The molecule has 2 N–H and O–H groups in total. The molecule has 1 saturated carbocycles. The monoisotopic (exact) mass is 171 g/mol. The van der Waals surface area contributed by atoms with E-state index in [0.717, 1.165) is 19.3 Å². The van der Waals surface area contributed by atoms with E-state index in [-0.39, 0.29) is 11.8 Å². The van der Waals surface area contributed by atoms with Crippen LogP contribution in [0, 0.1) is 0 Å². The van der Waals surface area contributed by atoms with Crippen molar-refractivity contribution in [2.75, 3.05) is 0 Å². The third-order valence-corrected chi connectivity index (χ3v) is 2.06. The summed E-state index contributed by atoms with van der Waals surface area (Å²) in [7, 11) is 0. The van der Waals surface area contributed by atoms with Gasteiger partial charge in [-0.1, -0.05) is 6.42 Å². The van der Waals surface area contributed by atoms with Crippen LogP contribution in [0.3, 0.4) is 0 Å². The molecule has 0 aromatic rings. The number of Topliss-reactive ketones (excluding diaryl/α,β-unsaturated/α-hetero) is 1. The minimum absolute atomic E-state index is 0.155. The zero-order valence-electron chi connectivity index (χ0n) is 6.88. The standard InChI is InChI=1S/C8H13NO3/c10-7-4-2-1-3-6(5-7)9-8(11)12/h6,9H,1-5H2,(H,11,12). The van der Waals surface area contributed by atoms with Crippen LogP contribution in [0.2, 0.25) is 0 Å². The first-order valence-corrected chi connectivity index (χ1v) is 4.19. The summed E-state index contributed by atoms with van der Waals surface area (Å²) in [6, 6.07) is -0.155. The molecule has 0 radical (unpaired) electrons. The molecule has 0 bridgehead atoms. The van der Waals surface area contributed by atoms with Crippen molar-refractivity contribution in [3.05, 3.63) is 0 Å². The molecule has 1 fully saturated rings. The Kier molecular flexibility index (Phi) is 3.08. The third-order valence-electron chi connectivity index (χ3n) is 2.06. The third kappa shape index (κ3) is 2.90. The van der Waals surface area contributed by atoms with Gasteiger partial charge in [-0.3, -0.25) is 4.79 Å². The average molecular weight is 171 g/mol. The molecule has 0 aromatic heterocycles. The fourth-order valence-corrected chi connectivity index (χ4v) is 1.49. The molecule has 1 aliphatic carbocycles. The first kappa shape index (κ1) is 9.03. The van der Waals surface area contributed by atoms with Crippen molar-refractivity contribution < 1.29 is 14.7 Å². The lowest BCUT2D eigenvalue weighted by molar-refractivity contribution is -0.119. The highest BCUT2D eigenvalue weighted by Gasteiger charge is 2.18. The van der Waals surface area contributed by atoms with Crippen molar-refractivity contribution in [1.82, 2.24) is 5.32 Å². The maximum atomic E-state index is 11.0. The van der Waals surface area contributed by atoms with E-state index in [1.54, 1.807) is 0 Å². The highest BCUT2D eigenvalue weighted by molar-refractivity contribution is 5.79. The predicted octanol–water partition coefficient (Wildman–Crippen LogP) is 1.16. The van der Waals surface area contributed by atoms with Crippen LogP contribution < -0.4 is 5.32 Å². The molecule has 0 aromatic carbocycles. The van der Waals surface area contributed by atoms with E-state index in [2.05, 4.69) is 5.32 Å². The SMILES string of the molecule is O=C1CCCCC(NC(=O)O)C1. The zero-order valence-corrected chi connectivity index (χ0v) is 6.88. The summed E-state index contributed by atoms with van der Waals surface area (Å²) in [5, 5.41) is 10.8. The average Bonchev–Trinajstić information content (AvgIpc) is 2.12. The lowest BCUT2D eigenvalue weighted by Crippen LogP contribution is -2.34. The summed E-state index contributed by atoms with van der Waals surface area (Å²) in [4.78, 5) is 21.3. The van der Waals surface area contributed by atoms with Crippen LogP contribution in [0.1, 0.15) is 32.1 Å². The Balaban J connectivity index is 2.41. The molecule has 12 heavy (non-hydrogen) atoms. The maximum Gasteiger partial charge on any atom is 0.404 e. The van der Waals surface area contributed by atoms with Gasteiger partial charge in [0.1, 0.15) is 5.78 Å². The highest BCUT2D eigenvalue weighted by Crippen LogP contribution is 2.14. The van der Waals surface area contributed by atoms with Crippen molar-refractivity contribution in [3.8, 4) is 0 Å². The van der Waals surface area contributed by atoms with Gasteiger partial charge in [0.05, 0.1) is 0 Å². The predicted molar refractivity (Wildman–Crippen MR) is 43.0 cm³/mol. The Morgan fingerprint density at radius 1 is 1.50 bits per heavy atom. The van der Waals surface area contributed by atoms with E-state index in [4.69, 9.17) is 5.11 Å². The van der Waals surface area contributed by atoms with Crippen LogP contribution >= 0.6 is 0 Å². The molecule has 1 unspecified atom stereocenters. The first-order valence-electron chi connectivity index (χ1n) is 4.19. The van der Waals surface area contributed by atoms with Gasteiger partial charge in [0, 0.05) is 18.9 Å². The normalized spacial score (nSPS) is 24.7. The molecule has 4 heteroatoms. The van der Waals surface area contributed by atoms with E-state index in [1.807, 2.05) is 0 Å². The molecule has 68 valence electrons. The second-order valence-corrected chi connectivity index (χ2v) is 3.13. The van der Waals surface area contributed by atoms with Gasteiger partial charge < -0.3 is 10.4 Å². The molecular weight excluding hydrogens is 158 g/mol. The second kappa shape index (κ2) is 4.09. The molecule has 0 saturated heterocycles. The number of nitrogens with one attached hydrogen (secondary N) is 1. The smallest absolute Gasteiger partial charge is 0.404 e. The van der Waals surface area contributed by atoms with Crippen molar-refractivity contribution in [1.29, 1.82) is 0 Å². The van der Waals surface area contributed by atoms with Crippen LogP contribution in [-0.4, -0.2) is 23.0 Å². The summed E-state index contributed by atoms with van der Waals surface area (Å²) >= 11 is 0. The summed E-state index contributed by atoms with van der Waals surface area (Å²) in [5.41, 5.74) is 0. The van der Waals surface area contributed by atoms with Crippen LogP contribution in [0.15, 0.2) is 0 Å². The number of ketones is 1. The van der Waals surface area contributed by atoms with Crippen LogP contribution in [0.25, 0.3) is 0 Å². The molecular formula is C8H13NO3. The fraction of sp³-hybridized carbons (Fsp3) is 0.750. The Morgan fingerprint density at radius 2 is 2.25 bits per heavy atom. The molecule has 1 atom stereocenters. The lowest BCUT2D eigenvalue weighted by Gasteiger charge is -2.11. The maximum absolute atomic E-state index is 11.0. The molecule has 1 aliphatic rings. The number of carbonyl (C=O) groups excluding carboxylic acids is 1. The van der Waals surface area contributed by atoms with Crippen LogP contribution in [0.5, 0.6) is 0 Å². The van der Waals surface area contributed by atoms with E-state index >= 15 is 0 Å². The summed E-state index contributed by atoms with van der Waals surface area (Å²) in [6.45, 7) is 0. The van der Waals surface area contributed by atoms with E-state index < -0.39 is 6.09 Å². The van der Waals surface area contributed by atoms with E-state index in [1.165, 1.54) is 0 Å². The summed E-state index contributed by atoms with van der Waals surface area (Å²) < 4.78 is 0. The van der Waals surface area contributed by atoms with Gasteiger partial charge in [-0.2, -0.15) is 0 Å². The topological polar surface area (TPSA) is 66.4 Å². The molecule has 1 rings (SSSR count). The van der Waals surface area contributed by atoms with Crippen molar-refractivity contribution in [3.63, 3.8) is 0 Å². The number of carboxylic acid groups (broad SMARTS) is 1. The van der Waals surface area contributed by atoms with Crippen molar-refractivity contribution >= 4 is 11.9 Å². The Hall–Kier alpha value is -1.06. The quantitative estimate of drug-likeness (QED) is 0.582. The van der Waals surface area contributed by atoms with Crippen molar-refractivity contribution in [2.45, 2.75) is 38.1 Å². The number of rotatable bonds is 1. The van der Waals surface area contributed by atoms with Gasteiger partial charge >= 0.3 is 6.09 Å². The van der Waals surface area contributed by atoms with Gasteiger partial charge in [-0.15, -0.1) is 0 Å². The molecule has 0 spiro atoms. The molecule has 1 amide bonds. The molecule has 0 heterocycles. The number of amides is 1. The van der Waals surface area contributed by atoms with Crippen LogP contribution in [0.4, 0.5) is 4.79 Å². The van der Waals surface area contributed by atoms with Crippen molar-refractivity contribution in [2.24, 2.45) is 0 Å². The summed E-state index contributed by atoms with van der Waals surface area (Å²) in [5.74, 6) is 0.172. The lowest BCUT2D eigenvalue weighted by atomic mass is 10.1. The second-order valence-electron chi connectivity index (χ2n) is 3.13. The van der Waals surface area contributed by atoms with E-state index in [9.17, 15) is 9.59 Å². The Labute approximate surface area is 71.0 Å². The van der Waals surface area contributed by atoms with Gasteiger partial charge in [0.2, 0.25) is 0 Å². The number of hydrogen-bond donors (Lipinski definition) is 2. The minimum Gasteiger partial charge on any atom is -0.465 e. The van der Waals surface area contributed by atoms with Gasteiger partial charge in [-0.05, 0) is 12.8 Å².